The standard InChI is InChI=1S/C31H32N4O3/c1-22-10-7-8-15-28(22)32-31(37)34-18-16-33(17-19-34)30(36)27-21-29(24-11-5-4-6-12-24)35(23(27)2)25-13-9-14-26(20-25)38-3/h4-15,20-21H,16-19H2,1-3H3,(H,32,37). The number of carbonyl (C=O) groups excluding carboxylic acids is 2. The first-order valence-electron chi connectivity index (χ1n) is 12.8. The van der Waals surface area contributed by atoms with Crippen molar-refractivity contribution in [3.63, 3.8) is 0 Å². The lowest BCUT2D eigenvalue weighted by molar-refractivity contribution is 0.0671. The minimum Gasteiger partial charge on any atom is -0.497 e. The molecule has 1 aliphatic rings. The van der Waals surface area contributed by atoms with Gasteiger partial charge in [0, 0.05) is 49.3 Å². The smallest absolute Gasteiger partial charge is 0.321 e. The summed E-state index contributed by atoms with van der Waals surface area (Å²) in [5.41, 5.74) is 6.23. The summed E-state index contributed by atoms with van der Waals surface area (Å²) in [6.45, 7) is 5.85. The largest absolute Gasteiger partial charge is 0.497 e. The van der Waals surface area contributed by atoms with Gasteiger partial charge in [-0.1, -0.05) is 54.6 Å². The summed E-state index contributed by atoms with van der Waals surface area (Å²) in [7, 11) is 1.65. The number of hydrogen-bond donors (Lipinski definition) is 1. The minimum absolute atomic E-state index is 0.0275. The van der Waals surface area contributed by atoms with E-state index in [0.29, 0.717) is 31.7 Å². The number of nitrogens with zero attached hydrogens (tertiary/aromatic N) is 3. The first-order valence-corrected chi connectivity index (χ1v) is 12.8. The Kier molecular flexibility index (Phi) is 7.18. The van der Waals surface area contributed by atoms with Crippen molar-refractivity contribution in [2.45, 2.75) is 13.8 Å². The second-order valence-electron chi connectivity index (χ2n) is 9.46. The molecule has 38 heavy (non-hydrogen) atoms. The van der Waals surface area contributed by atoms with E-state index in [9.17, 15) is 9.59 Å². The van der Waals surface area contributed by atoms with Gasteiger partial charge in [0.05, 0.1) is 18.4 Å². The highest BCUT2D eigenvalue weighted by Gasteiger charge is 2.28. The highest BCUT2D eigenvalue weighted by Crippen LogP contribution is 2.31. The number of para-hydroxylation sites is 1. The van der Waals surface area contributed by atoms with Crippen LogP contribution in [-0.2, 0) is 0 Å². The number of rotatable bonds is 5. The molecule has 4 aromatic rings. The van der Waals surface area contributed by atoms with Gasteiger partial charge in [0.25, 0.3) is 5.91 Å². The monoisotopic (exact) mass is 508 g/mol. The number of nitrogens with one attached hydrogen (secondary N) is 1. The van der Waals surface area contributed by atoms with Gasteiger partial charge in [0.2, 0.25) is 0 Å². The van der Waals surface area contributed by atoms with Gasteiger partial charge in [0.15, 0.2) is 0 Å². The molecule has 0 unspecified atom stereocenters. The summed E-state index contributed by atoms with van der Waals surface area (Å²) in [6.07, 6.45) is 0. The fourth-order valence-electron chi connectivity index (χ4n) is 4.92. The second-order valence-corrected chi connectivity index (χ2v) is 9.46. The third-order valence-corrected chi connectivity index (χ3v) is 7.10. The fourth-order valence-corrected chi connectivity index (χ4v) is 4.92. The van der Waals surface area contributed by atoms with Gasteiger partial charge >= 0.3 is 6.03 Å². The third-order valence-electron chi connectivity index (χ3n) is 7.10. The zero-order valence-corrected chi connectivity index (χ0v) is 22.0. The van der Waals surface area contributed by atoms with Crippen LogP contribution in [0.2, 0.25) is 0 Å². The van der Waals surface area contributed by atoms with Gasteiger partial charge in [-0.15, -0.1) is 0 Å². The minimum atomic E-state index is -0.141. The Hall–Kier alpha value is -4.52. The van der Waals surface area contributed by atoms with Crippen LogP contribution in [0.5, 0.6) is 5.75 Å². The predicted molar refractivity (Wildman–Crippen MR) is 150 cm³/mol. The molecule has 1 aromatic heterocycles. The number of aryl methyl sites for hydroxylation is 1. The number of piperazine rings is 1. The number of urea groups is 1. The average molecular weight is 509 g/mol. The summed E-state index contributed by atoms with van der Waals surface area (Å²) in [5.74, 6) is 0.725. The van der Waals surface area contributed by atoms with Gasteiger partial charge < -0.3 is 24.4 Å². The maximum atomic E-state index is 13.8. The predicted octanol–water partition coefficient (Wildman–Crippen LogP) is 5.76. The van der Waals surface area contributed by atoms with Crippen molar-refractivity contribution in [3.8, 4) is 22.7 Å². The molecular formula is C31H32N4O3. The molecule has 0 saturated carbocycles. The van der Waals surface area contributed by atoms with E-state index in [4.69, 9.17) is 4.74 Å². The van der Waals surface area contributed by atoms with Crippen LogP contribution >= 0.6 is 0 Å². The molecule has 7 nitrogen and oxygen atoms in total. The van der Waals surface area contributed by atoms with Gasteiger partial charge in [-0.05, 0) is 49.2 Å². The number of amides is 3. The van der Waals surface area contributed by atoms with Crippen LogP contribution in [0.3, 0.4) is 0 Å². The van der Waals surface area contributed by atoms with E-state index < -0.39 is 0 Å². The SMILES string of the molecule is COc1cccc(-n2c(-c3ccccc3)cc(C(=O)N3CCN(C(=O)Nc4ccccc4C)CC3)c2C)c1. The zero-order valence-electron chi connectivity index (χ0n) is 22.0. The molecule has 1 fully saturated rings. The third kappa shape index (κ3) is 5.00. The summed E-state index contributed by atoms with van der Waals surface area (Å²) in [4.78, 5) is 30.2. The van der Waals surface area contributed by atoms with Crippen LogP contribution in [-0.4, -0.2) is 59.6 Å². The lowest BCUT2D eigenvalue weighted by atomic mass is 10.1. The zero-order chi connectivity index (χ0) is 26.6. The van der Waals surface area contributed by atoms with E-state index in [-0.39, 0.29) is 11.9 Å². The van der Waals surface area contributed by atoms with E-state index in [1.54, 1.807) is 12.0 Å². The quantitative estimate of drug-likeness (QED) is 0.373. The molecule has 194 valence electrons. The molecule has 5 rings (SSSR count). The van der Waals surface area contributed by atoms with Gasteiger partial charge in [-0.25, -0.2) is 4.79 Å². The number of methoxy groups -OCH3 is 1. The lowest BCUT2D eigenvalue weighted by Crippen LogP contribution is -2.51. The fraction of sp³-hybridized carbons (Fsp3) is 0.226. The molecule has 3 amide bonds. The van der Waals surface area contributed by atoms with E-state index in [2.05, 4.69) is 9.88 Å². The summed E-state index contributed by atoms with van der Waals surface area (Å²) in [6, 6.07) is 27.5. The molecule has 3 aromatic carbocycles. The number of carbonyl (C=O) groups is 2. The molecular weight excluding hydrogens is 476 g/mol. The van der Waals surface area contributed by atoms with Crippen molar-refractivity contribution in [2.24, 2.45) is 0 Å². The van der Waals surface area contributed by atoms with Crippen LogP contribution in [0.4, 0.5) is 10.5 Å². The summed E-state index contributed by atoms with van der Waals surface area (Å²) < 4.78 is 7.57. The Balaban J connectivity index is 1.37. The topological polar surface area (TPSA) is 66.8 Å². The molecule has 0 spiro atoms. The van der Waals surface area contributed by atoms with E-state index >= 15 is 0 Å². The molecule has 1 aliphatic heterocycles. The Morgan fingerprint density at radius 3 is 2.18 bits per heavy atom. The van der Waals surface area contributed by atoms with Crippen molar-refractivity contribution in [1.29, 1.82) is 0 Å². The van der Waals surface area contributed by atoms with Crippen molar-refractivity contribution in [1.82, 2.24) is 14.4 Å². The normalized spacial score (nSPS) is 13.3. The number of anilines is 1. The van der Waals surface area contributed by atoms with Gasteiger partial charge in [0.1, 0.15) is 5.75 Å². The maximum Gasteiger partial charge on any atom is 0.321 e. The van der Waals surface area contributed by atoms with Crippen LogP contribution < -0.4 is 10.1 Å². The first kappa shape index (κ1) is 25.1. The molecule has 7 heteroatoms. The molecule has 0 radical (unpaired) electrons. The molecule has 0 atom stereocenters. The summed E-state index contributed by atoms with van der Waals surface area (Å²) >= 11 is 0. The van der Waals surface area contributed by atoms with Crippen LogP contribution in [0.25, 0.3) is 16.9 Å². The average Bonchev–Trinajstić information content (AvgIpc) is 3.31. The van der Waals surface area contributed by atoms with Crippen LogP contribution in [0.15, 0.2) is 84.9 Å². The van der Waals surface area contributed by atoms with E-state index in [0.717, 1.165) is 39.6 Å². The Bertz CT molecular complexity index is 1450. The van der Waals surface area contributed by atoms with Gasteiger partial charge in [-0.2, -0.15) is 0 Å². The molecule has 1 N–H and O–H groups in total. The highest BCUT2D eigenvalue weighted by molar-refractivity contribution is 5.98. The Morgan fingerprint density at radius 1 is 0.789 bits per heavy atom. The number of benzene rings is 3. The maximum absolute atomic E-state index is 13.8. The van der Waals surface area contributed by atoms with Crippen molar-refractivity contribution in [2.75, 3.05) is 38.6 Å². The number of hydrogen-bond acceptors (Lipinski definition) is 3. The second kappa shape index (κ2) is 10.8. The molecule has 2 heterocycles. The summed E-state index contributed by atoms with van der Waals surface area (Å²) in [5, 5.41) is 2.99. The molecule has 0 bridgehead atoms. The highest BCUT2D eigenvalue weighted by atomic mass is 16.5. The van der Waals surface area contributed by atoms with Crippen LogP contribution in [0.1, 0.15) is 21.6 Å². The van der Waals surface area contributed by atoms with E-state index in [1.807, 2.05) is 104 Å². The van der Waals surface area contributed by atoms with Crippen molar-refractivity contribution < 1.29 is 14.3 Å². The lowest BCUT2D eigenvalue weighted by Gasteiger charge is -2.34. The van der Waals surface area contributed by atoms with Crippen molar-refractivity contribution in [3.05, 3.63) is 102 Å². The van der Waals surface area contributed by atoms with E-state index in [1.165, 1.54) is 0 Å². The van der Waals surface area contributed by atoms with Gasteiger partial charge in [-0.3, -0.25) is 4.79 Å². The Labute approximate surface area is 223 Å². The molecule has 1 saturated heterocycles. The Morgan fingerprint density at radius 2 is 1.47 bits per heavy atom. The first-order chi connectivity index (χ1) is 18.5. The van der Waals surface area contributed by atoms with Crippen LogP contribution in [0, 0.1) is 13.8 Å². The molecule has 0 aliphatic carbocycles. The van der Waals surface area contributed by atoms with Crippen molar-refractivity contribution >= 4 is 17.6 Å². The number of aromatic nitrogens is 1. The number of ether oxygens (including phenoxy) is 1.